The van der Waals surface area contributed by atoms with Crippen molar-refractivity contribution in [2.24, 2.45) is 7.05 Å². The lowest BCUT2D eigenvalue weighted by Crippen LogP contribution is -2.18. The first-order valence-corrected chi connectivity index (χ1v) is 8.87. The van der Waals surface area contributed by atoms with Gasteiger partial charge in [0.05, 0.1) is 18.4 Å². The fourth-order valence-corrected chi connectivity index (χ4v) is 3.12. The van der Waals surface area contributed by atoms with E-state index in [0.29, 0.717) is 16.8 Å². The van der Waals surface area contributed by atoms with Crippen LogP contribution in [0.15, 0.2) is 54.7 Å². The summed E-state index contributed by atoms with van der Waals surface area (Å²) < 4.78 is 6.48. The smallest absolute Gasteiger partial charge is 0.337 e. The van der Waals surface area contributed by atoms with Gasteiger partial charge in [0.1, 0.15) is 5.71 Å². The van der Waals surface area contributed by atoms with Crippen LogP contribution in [0.1, 0.15) is 37.5 Å². The number of hydrogen-bond acceptors (Lipinski definition) is 4. The first-order valence-electron chi connectivity index (χ1n) is 8.87. The Morgan fingerprint density at radius 2 is 1.54 bits per heavy atom. The van der Waals surface area contributed by atoms with Crippen LogP contribution in [-0.2, 0) is 11.8 Å². The number of aromatic nitrogens is 1. The molecule has 0 saturated carbocycles. The molecule has 0 saturated heterocycles. The second-order valence-electron chi connectivity index (χ2n) is 6.87. The zero-order chi connectivity index (χ0) is 20.4. The van der Waals surface area contributed by atoms with E-state index in [1.165, 1.54) is 18.7 Å². The Bertz CT molecular complexity index is 1080. The SMILES string of the molecule is COC(=O)c1cc(C)cc(C(=N)C(=O)c2cc(-c3ccc(C)cc3)cn2C)c1. The van der Waals surface area contributed by atoms with Crippen LogP contribution in [0, 0.1) is 19.3 Å². The third kappa shape index (κ3) is 3.78. The Hall–Kier alpha value is -3.47. The molecule has 1 heterocycles. The molecule has 0 spiro atoms. The maximum atomic E-state index is 13.0. The molecular formula is C23H22N2O3. The molecule has 28 heavy (non-hydrogen) atoms. The van der Waals surface area contributed by atoms with Gasteiger partial charge in [-0.25, -0.2) is 4.79 Å². The van der Waals surface area contributed by atoms with Crippen molar-refractivity contribution in [3.05, 3.63) is 82.7 Å². The molecular weight excluding hydrogens is 352 g/mol. The molecule has 1 aromatic heterocycles. The number of carbonyl (C=O) groups excluding carboxylic acids is 2. The maximum Gasteiger partial charge on any atom is 0.337 e. The second kappa shape index (κ2) is 7.64. The van der Waals surface area contributed by atoms with E-state index in [0.717, 1.165) is 16.7 Å². The summed E-state index contributed by atoms with van der Waals surface area (Å²) in [6, 6.07) is 14.8. The van der Waals surface area contributed by atoms with Gasteiger partial charge in [-0.1, -0.05) is 29.8 Å². The summed E-state index contributed by atoms with van der Waals surface area (Å²) >= 11 is 0. The summed E-state index contributed by atoms with van der Waals surface area (Å²) in [6.45, 7) is 3.83. The van der Waals surface area contributed by atoms with Crippen LogP contribution in [0.3, 0.4) is 0 Å². The highest BCUT2D eigenvalue weighted by Gasteiger charge is 2.20. The van der Waals surface area contributed by atoms with Crippen molar-refractivity contribution in [2.75, 3.05) is 7.11 Å². The number of ketones is 1. The summed E-state index contributed by atoms with van der Waals surface area (Å²) in [5.74, 6) is -0.895. The maximum absolute atomic E-state index is 13.0. The van der Waals surface area contributed by atoms with E-state index in [9.17, 15) is 9.59 Å². The minimum Gasteiger partial charge on any atom is -0.465 e. The number of hydrogen-bond donors (Lipinski definition) is 1. The molecule has 142 valence electrons. The van der Waals surface area contributed by atoms with E-state index in [2.05, 4.69) is 0 Å². The third-order valence-corrected chi connectivity index (χ3v) is 4.64. The van der Waals surface area contributed by atoms with Crippen molar-refractivity contribution < 1.29 is 14.3 Å². The van der Waals surface area contributed by atoms with Crippen molar-refractivity contribution in [1.82, 2.24) is 4.57 Å². The number of nitrogens with one attached hydrogen (secondary N) is 1. The molecule has 0 aliphatic carbocycles. The average Bonchev–Trinajstić information content (AvgIpc) is 3.07. The Kier molecular flexibility index (Phi) is 5.27. The zero-order valence-electron chi connectivity index (χ0n) is 16.4. The normalized spacial score (nSPS) is 10.6. The largest absolute Gasteiger partial charge is 0.465 e. The van der Waals surface area contributed by atoms with Gasteiger partial charge in [-0.15, -0.1) is 0 Å². The molecule has 0 fully saturated rings. The topological polar surface area (TPSA) is 72.2 Å². The monoisotopic (exact) mass is 374 g/mol. The van der Waals surface area contributed by atoms with E-state index in [-0.39, 0.29) is 5.71 Å². The number of Topliss-reactive ketones (excluding diaryl/α,β-unsaturated/α-hetero) is 1. The van der Waals surface area contributed by atoms with Gasteiger partial charge in [0.2, 0.25) is 5.78 Å². The van der Waals surface area contributed by atoms with Gasteiger partial charge in [-0.05, 0) is 49.2 Å². The molecule has 0 aliphatic heterocycles. The molecule has 2 aromatic carbocycles. The average molecular weight is 374 g/mol. The molecule has 5 nitrogen and oxygen atoms in total. The van der Waals surface area contributed by atoms with Crippen LogP contribution < -0.4 is 0 Å². The standard InChI is InChI=1S/C23H22N2O3/c1-14-5-7-16(8-6-14)19-12-20(25(3)13-19)22(26)21(24)17-9-15(2)10-18(11-17)23(27)28-4/h5-13,24H,1-4H3. The Morgan fingerprint density at radius 3 is 2.18 bits per heavy atom. The molecule has 0 radical (unpaired) electrons. The highest BCUT2D eigenvalue weighted by Crippen LogP contribution is 2.23. The van der Waals surface area contributed by atoms with Crippen LogP contribution in [0.5, 0.6) is 0 Å². The van der Waals surface area contributed by atoms with Gasteiger partial charge in [-0.2, -0.15) is 0 Å². The number of aryl methyl sites for hydroxylation is 3. The highest BCUT2D eigenvalue weighted by atomic mass is 16.5. The van der Waals surface area contributed by atoms with Gasteiger partial charge < -0.3 is 9.30 Å². The number of ether oxygens (including phenoxy) is 1. The van der Waals surface area contributed by atoms with Crippen molar-refractivity contribution in [1.29, 1.82) is 5.41 Å². The predicted octanol–water partition coefficient (Wildman–Crippen LogP) is 4.35. The summed E-state index contributed by atoms with van der Waals surface area (Å²) in [4.78, 5) is 24.8. The number of benzene rings is 2. The molecule has 0 atom stereocenters. The summed E-state index contributed by atoms with van der Waals surface area (Å²) in [6.07, 6.45) is 1.88. The van der Waals surface area contributed by atoms with Crippen LogP contribution in [0.2, 0.25) is 0 Å². The minimum atomic E-state index is -0.495. The number of methoxy groups -OCH3 is 1. The van der Waals surface area contributed by atoms with E-state index in [1.54, 1.807) is 29.8 Å². The van der Waals surface area contributed by atoms with E-state index in [1.807, 2.05) is 44.3 Å². The van der Waals surface area contributed by atoms with E-state index in [4.69, 9.17) is 10.1 Å². The number of esters is 1. The molecule has 0 amide bonds. The second-order valence-corrected chi connectivity index (χ2v) is 6.87. The zero-order valence-corrected chi connectivity index (χ0v) is 16.4. The first-order chi connectivity index (χ1) is 13.3. The van der Waals surface area contributed by atoms with Crippen molar-refractivity contribution in [3.8, 4) is 11.1 Å². The fraction of sp³-hybridized carbons (Fsp3) is 0.174. The minimum absolute atomic E-state index is 0.162. The number of rotatable bonds is 5. The van der Waals surface area contributed by atoms with Crippen molar-refractivity contribution in [2.45, 2.75) is 13.8 Å². The molecule has 3 rings (SSSR count). The lowest BCUT2D eigenvalue weighted by Gasteiger charge is -2.08. The van der Waals surface area contributed by atoms with Gasteiger partial charge in [0, 0.05) is 24.4 Å². The van der Waals surface area contributed by atoms with Gasteiger partial charge in [-0.3, -0.25) is 10.2 Å². The Morgan fingerprint density at radius 1 is 0.893 bits per heavy atom. The first kappa shape index (κ1) is 19.3. The van der Waals surface area contributed by atoms with Crippen LogP contribution in [0.25, 0.3) is 11.1 Å². The quantitative estimate of drug-likeness (QED) is 0.410. The van der Waals surface area contributed by atoms with E-state index >= 15 is 0 Å². The predicted molar refractivity (Wildman–Crippen MR) is 109 cm³/mol. The Labute approximate surface area is 164 Å². The van der Waals surface area contributed by atoms with Crippen molar-refractivity contribution in [3.63, 3.8) is 0 Å². The molecule has 3 aromatic rings. The molecule has 1 N–H and O–H groups in total. The number of carbonyl (C=O) groups is 2. The molecule has 0 aliphatic rings. The Balaban J connectivity index is 1.94. The van der Waals surface area contributed by atoms with Gasteiger partial charge in [0.15, 0.2) is 0 Å². The van der Waals surface area contributed by atoms with Crippen LogP contribution in [-0.4, -0.2) is 29.1 Å². The van der Waals surface area contributed by atoms with Crippen molar-refractivity contribution >= 4 is 17.5 Å². The summed E-state index contributed by atoms with van der Waals surface area (Å²) in [7, 11) is 3.09. The third-order valence-electron chi connectivity index (χ3n) is 4.64. The summed E-state index contributed by atoms with van der Waals surface area (Å²) in [5.41, 5.74) is 4.84. The molecule has 0 unspecified atom stereocenters. The lowest BCUT2D eigenvalue weighted by atomic mass is 9.99. The molecule has 0 bridgehead atoms. The molecule has 5 heteroatoms. The fourth-order valence-electron chi connectivity index (χ4n) is 3.12. The lowest BCUT2D eigenvalue weighted by molar-refractivity contribution is 0.0600. The summed E-state index contributed by atoms with van der Waals surface area (Å²) in [5, 5.41) is 8.39. The number of nitrogens with zero attached hydrogens (tertiary/aromatic N) is 1. The van der Waals surface area contributed by atoms with E-state index < -0.39 is 11.8 Å². The van der Waals surface area contributed by atoms with Crippen LogP contribution >= 0.6 is 0 Å². The highest BCUT2D eigenvalue weighted by molar-refractivity contribution is 6.50. The van der Waals surface area contributed by atoms with Crippen LogP contribution in [0.4, 0.5) is 0 Å². The van der Waals surface area contributed by atoms with Gasteiger partial charge >= 0.3 is 5.97 Å². The van der Waals surface area contributed by atoms with Gasteiger partial charge in [0.25, 0.3) is 0 Å².